The fourth-order valence-corrected chi connectivity index (χ4v) is 3.02. The molecule has 0 radical (unpaired) electrons. The van der Waals surface area contributed by atoms with Crippen molar-refractivity contribution < 1.29 is 9.59 Å². The van der Waals surface area contributed by atoms with Gasteiger partial charge in [0, 0.05) is 12.3 Å². The van der Waals surface area contributed by atoms with Gasteiger partial charge in [0.1, 0.15) is 5.78 Å². The molecule has 0 saturated heterocycles. The number of ketones is 1. The molecular weight excluding hydrogens is 286 g/mol. The van der Waals surface area contributed by atoms with Crippen LogP contribution in [0.15, 0.2) is 42.5 Å². The lowest BCUT2D eigenvalue weighted by atomic mass is 9.90. The molecule has 1 unspecified atom stereocenters. The van der Waals surface area contributed by atoms with Crippen LogP contribution in [-0.4, -0.2) is 11.7 Å². The molecule has 0 fully saturated rings. The zero-order valence-corrected chi connectivity index (χ0v) is 13.8. The van der Waals surface area contributed by atoms with Gasteiger partial charge in [-0.25, -0.2) is 0 Å². The summed E-state index contributed by atoms with van der Waals surface area (Å²) in [5.41, 5.74) is 6.78. The minimum atomic E-state index is -0.232. The predicted octanol–water partition coefficient (Wildman–Crippen LogP) is 4.02. The first-order chi connectivity index (χ1) is 11.1. The van der Waals surface area contributed by atoms with Crippen LogP contribution in [0.1, 0.15) is 44.6 Å². The Morgan fingerprint density at radius 3 is 2.48 bits per heavy atom. The van der Waals surface area contributed by atoms with Crippen molar-refractivity contribution in [2.75, 3.05) is 0 Å². The molecule has 23 heavy (non-hydrogen) atoms. The van der Waals surface area contributed by atoms with Gasteiger partial charge in [-0.1, -0.05) is 55.3 Å². The van der Waals surface area contributed by atoms with Gasteiger partial charge in [-0.15, -0.1) is 0 Å². The first-order valence-electron chi connectivity index (χ1n) is 8.33. The summed E-state index contributed by atoms with van der Waals surface area (Å²) >= 11 is 0. The van der Waals surface area contributed by atoms with E-state index in [2.05, 4.69) is 24.3 Å². The second-order valence-electron chi connectivity index (χ2n) is 6.24. The number of carbonyl (C=O) groups excluding carboxylic acids is 2. The van der Waals surface area contributed by atoms with E-state index in [9.17, 15) is 9.59 Å². The van der Waals surface area contributed by atoms with Gasteiger partial charge in [-0.2, -0.15) is 0 Å². The van der Waals surface area contributed by atoms with Crippen molar-refractivity contribution in [1.82, 2.24) is 0 Å². The maximum atomic E-state index is 11.8. The van der Waals surface area contributed by atoms with Crippen molar-refractivity contribution in [2.45, 2.75) is 45.4 Å². The summed E-state index contributed by atoms with van der Waals surface area (Å²) in [7, 11) is 0. The van der Waals surface area contributed by atoms with E-state index < -0.39 is 0 Å². The zero-order chi connectivity index (χ0) is 16.7. The summed E-state index contributed by atoms with van der Waals surface area (Å²) in [6.07, 6.45) is 4.91. The number of hydrogen-bond donors (Lipinski definition) is 1. The van der Waals surface area contributed by atoms with Gasteiger partial charge in [-0.3, -0.25) is 4.79 Å². The van der Waals surface area contributed by atoms with Gasteiger partial charge in [0.05, 0.1) is 0 Å². The van der Waals surface area contributed by atoms with Crippen molar-refractivity contribution in [2.24, 2.45) is 11.7 Å². The molecule has 0 aliphatic rings. The van der Waals surface area contributed by atoms with Gasteiger partial charge >= 0.3 is 0 Å². The van der Waals surface area contributed by atoms with Crippen LogP contribution in [-0.2, 0) is 16.0 Å². The number of unbranched alkanes of at least 4 members (excludes halogenated alkanes) is 2. The van der Waals surface area contributed by atoms with Crippen LogP contribution < -0.4 is 5.73 Å². The second-order valence-corrected chi connectivity index (χ2v) is 6.24. The van der Waals surface area contributed by atoms with E-state index in [0.29, 0.717) is 12.8 Å². The molecule has 0 aliphatic heterocycles. The van der Waals surface area contributed by atoms with Crippen LogP contribution in [0, 0.1) is 5.92 Å². The number of Topliss-reactive ketones (excluding diaryl/α,β-unsaturated/α-hetero) is 1. The number of primary amides is 1. The average molecular weight is 311 g/mol. The topological polar surface area (TPSA) is 60.2 Å². The molecule has 0 saturated carbocycles. The quantitative estimate of drug-likeness (QED) is 0.711. The highest BCUT2D eigenvalue weighted by Gasteiger charge is 2.16. The van der Waals surface area contributed by atoms with E-state index in [4.69, 9.17) is 5.73 Å². The molecule has 1 amide bonds. The molecule has 2 rings (SSSR count). The SMILES string of the molecule is CC(=O)CCCCCC(Cc1cccc2ccccc12)C(N)=O. The molecule has 1 atom stereocenters. The summed E-state index contributed by atoms with van der Waals surface area (Å²) in [6, 6.07) is 14.4. The second kappa shape index (κ2) is 8.47. The van der Waals surface area contributed by atoms with E-state index in [-0.39, 0.29) is 17.6 Å². The maximum absolute atomic E-state index is 11.8. The van der Waals surface area contributed by atoms with E-state index in [1.54, 1.807) is 6.92 Å². The Balaban J connectivity index is 1.98. The number of amides is 1. The Labute approximate surface area is 137 Å². The lowest BCUT2D eigenvalue weighted by molar-refractivity contribution is -0.122. The van der Waals surface area contributed by atoms with Gasteiger partial charge in [0.15, 0.2) is 0 Å². The molecule has 122 valence electrons. The Bertz CT molecular complexity index is 673. The number of nitrogens with two attached hydrogens (primary N) is 1. The maximum Gasteiger partial charge on any atom is 0.220 e. The summed E-state index contributed by atoms with van der Waals surface area (Å²) < 4.78 is 0. The molecule has 0 spiro atoms. The Morgan fingerprint density at radius 2 is 1.74 bits per heavy atom. The third kappa shape index (κ3) is 5.20. The van der Waals surface area contributed by atoms with E-state index in [0.717, 1.165) is 25.7 Å². The standard InChI is InChI=1S/C20H25NO2/c1-15(22)8-3-2-4-10-18(20(21)23)14-17-12-7-11-16-9-5-6-13-19(16)17/h5-7,9,11-13,18H,2-4,8,10,14H2,1H3,(H2,21,23). The monoisotopic (exact) mass is 311 g/mol. The Morgan fingerprint density at radius 1 is 1.00 bits per heavy atom. The molecule has 2 aromatic rings. The summed E-state index contributed by atoms with van der Waals surface area (Å²) in [6.45, 7) is 1.62. The van der Waals surface area contributed by atoms with Crippen LogP contribution >= 0.6 is 0 Å². The fourth-order valence-electron chi connectivity index (χ4n) is 3.02. The normalized spacial score (nSPS) is 12.2. The molecule has 3 heteroatoms. The molecule has 0 heterocycles. The Hall–Kier alpha value is -2.16. The molecule has 0 bridgehead atoms. The highest BCUT2D eigenvalue weighted by molar-refractivity contribution is 5.86. The number of carbonyl (C=O) groups is 2. The third-order valence-electron chi connectivity index (χ3n) is 4.33. The first kappa shape index (κ1) is 17.2. The van der Waals surface area contributed by atoms with Crippen molar-refractivity contribution in [1.29, 1.82) is 0 Å². The van der Waals surface area contributed by atoms with Crippen LogP contribution in [0.3, 0.4) is 0 Å². The van der Waals surface area contributed by atoms with Gasteiger partial charge in [0.2, 0.25) is 5.91 Å². The lowest BCUT2D eigenvalue weighted by Crippen LogP contribution is -2.25. The predicted molar refractivity (Wildman–Crippen MR) is 94.1 cm³/mol. The number of rotatable bonds is 9. The minimum Gasteiger partial charge on any atom is -0.369 e. The number of benzene rings is 2. The van der Waals surface area contributed by atoms with E-state index >= 15 is 0 Å². The molecule has 0 aromatic heterocycles. The number of hydrogen-bond acceptors (Lipinski definition) is 2. The van der Waals surface area contributed by atoms with Crippen LogP contribution in [0.25, 0.3) is 10.8 Å². The Kier molecular flexibility index (Phi) is 6.33. The number of fused-ring (bicyclic) bond motifs is 1. The van der Waals surface area contributed by atoms with Crippen molar-refractivity contribution in [3.8, 4) is 0 Å². The summed E-state index contributed by atoms with van der Waals surface area (Å²) in [5, 5.41) is 2.38. The molecule has 2 aromatic carbocycles. The smallest absolute Gasteiger partial charge is 0.220 e. The third-order valence-corrected chi connectivity index (χ3v) is 4.33. The lowest BCUT2D eigenvalue weighted by Gasteiger charge is -2.15. The molecular formula is C20H25NO2. The summed E-state index contributed by atoms with van der Waals surface area (Å²) in [5.74, 6) is -0.144. The van der Waals surface area contributed by atoms with Crippen LogP contribution in [0.5, 0.6) is 0 Å². The highest BCUT2D eigenvalue weighted by Crippen LogP contribution is 2.23. The van der Waals surface area contributed by atoms with Crippen molar-refractivity contribution in [3.63, 3.8) is 0 Å². The van der Waals surface area contributed by atoms with Gasteiger partial charge in [-0.05, 0) is 42.5 Å². The van der Waals surface area contributed by atoms with E-state index in [1.165, 1.54) is 16.3 Å². The molecule has 0 aliphatic carbocycles. The minimum absolute atomic E-state index is 0.141. The van der Waals surface area contributed by atoms with Crippen LogP contribution in [0.4, 0.5) is 0 Å². The van der Waals surface area contributed by atoms with Crippen LogP contribution in [0.2, 0.25) is 0 Å². The highest BCUT2D eigenvalue weighted by atomic mass is 16.1. The molecule has 3 nitrogen and oxygen atoms in total. The largest absolute Gasteiger partial charge is 0.369 e. The van der Waals surface area contributed by atoms with Crippen molar-refractivity contribution >= 4 is 22.5 Å². The van der Waals surface area contributed by atoms with Gasteiger partial charge in [0.25, 0.3) is 0 Å². The summed E-state index contributed by atoms with van der Waals surface area (Å²) in [4.78, 5) is 22.7. The molecule has 2 N–H and O–H groups in total. The average Bonchev–Trinajstić information content (AvgIpc) is 2.53. The first-order valence-corrected chi connectivity index (χ1v) is 8.33. The van der Waals surface area contributed by atoms with Gasteiger partial charge < -0.3 is 10.5 Å². The fraction of sp³-hybridized carbons (Fsp3) is 0.400. The van der Waals surface area contributed by atoms with E-state index in [1.807, 2.05) is 18.2 Å². The van der Waals surface area contributed by atoms with Crippen molar-refractivity contribution in [3.05, 3.63) is 48.0 Å². The zero-order valence-electron chi connectivity index (χ0n) is 13.8.